The Morgan fingerprint density at radius 2 is 2.33 bits per heavy atom. The molecular formula is C13H15N3OS. The molecule has 0 saturated carbocycles. The van der Waals surface area contributed by atoms with E-state index < -0.39 is 0 Å². The summed E-state index contributed by atoms with van der Waals surface area (Å²) >= 11 is 1.88. The van der Waals surface area contributed by atoms with Crippen molar-refractivity contribution in [3.63, 3.8) is 0 Å². The molecule has 4 nitrogen and oxygen atoms in total. The van der Waals surface area contributed by atoms with Crippen LogP contribution in [0.15, 0.2) is 22.8 Å². The number of aromatic nitrogens is 2. The predicted molar refractivity (Wildman–Crippen MR) is 73.5 cm³/mol. The molecule has 0 aromatic carbocycles. The van der Waals surface area contributed by atoms with Gasteiger partial charge in [0.2, 0.25) is 0 Å². The Labute approximate surface area is 110 Å². The molecule has 0 atom stereocenters. The minimum Gasteiger partial charge on any atom is -0.461 e. The summed E-state index contributed by atoms with van der Waals surface area (Å²) in [7, 11) is 0. The number of thioether (sulfide) groups is 1. The van der Waals surface area contributed by atoms with Crippen LogP contribution < -0.4 is 5.32 Å². The van der Waals surface area contributed by atoms with E-state index in [9.17, 15) is 0 Å². The van der Waals surface area contributed by atoms with Crippen molar-refractivity contribution in [1.29, 1.82) is 0 Å². The highest BCUT2D eigenvalue weighted by Crippen LogP contribution is 2.34. The zero-order valence-electron chi connectivity index (χ0n) is 10.3. The van der Waals surface area contributed by atoms with Crippen LogP contribution in [0.3, 0.4) is 0 Å². The molecule has 0 radical (unpaired) electrons. The molecule has 0 amide bonds. The molecule has 0 bridgehead atoms. The molecule has 2 aromatic rings. The topological polar surface area (TPSA) is 51.0 Å². The number of anilines is 1. The maximum absolute atomic E-state index is 5.38. The van der Waals surface area contributed by atoms with Gasteiger partial charge >= 0.3 is 0 Å². The van der Waals surface area contributed by atoms with E-state index in [1.807, 2.05) is 23.9 Å². The van der Waals surface area contributed by atoms with E-state index in [4.69, 9.17) is 4.42 Å². The highest BCUT2D eigenvalue weighted by molar-refractivity contribution is 7.98. The number of rotatable bonds is 4. The third kappa shape index (κ3) is 2.10. The standard InChI is InChI=1S/C13H15N3OS/c1-2-5-14-12-9-7-18-8-10(9)15-13(16-12)11-4-3-6-17-11/h3-4,6H,2,5,7-8H2,1H3,(H,14,15,16). The lowest BCUT2D eigenvalue weighted by Crippen LogP contribution is -2.07. The summed E-state index contributed by atoms with van der Waals surface area (Å²) < 4.78 is 5.38. The molecule has 0 unspecified atom stereocenters. The predicted octanol–water partition coefficient (Wildman–Crippen LogP) is 3.31. The fourth-order valence-electron chi connectivity index (χ4n) is 1.96. The van der Waals surface area contributed by atoms with E-state index in [-0.39, 0.29) is 0 Å². The van der Waals surface area contributed by atoms with E-state index in [1.54, 1.807) is 6.26 Å². The number of nitrogens with one attached hydrogen (secondary N) is 1. The van der Waals surface area contributed by atoms with Gasteiger partial charge in [-0.05, 0) is 18.6 Å². The van der Waals surface area contributed by atoms with Gasteiger partial charge in [-0.1, -0.05) is 6.92 Å². The molecular weight excluding hydrogens is 246 g/mol. The van der Waals surface area contributed by atoms with Gasteiger partial charge in [-0.2, -0.15) is 11.8 Å². The van der Waals surface area contributed by atoms with E-state index in [0.717, 1.165) is 41.7 Å². The lowest BCUT2D eigenvalue weighted by molar-refractivity contribution is 0.577. The molecule has 1 N–H and O–H groups in total. The first-order valence-electron chi connectivity index (χ1n) is 6.13. The average Bonchev–Trinajstić information content (AvgIpc) is 3.05. The van der Waals surface area contributed by atoms with E-state index >= 15 is 0 Å². The summed E-state index contributed by atoms with van der Waals surface area (Å²) in [5.41, 5.74) is 2.39. The summed E-state index contributed by atoms with van der Waals surface area (Å²) in [5.74, 6) is 4.35. The lowest BCUT2D eigenvalue weighted by atomic mass is 10.2. The molecule has 0 spiro atoms. The second-order valence-corrected chi connectivity index (χ2v) is 5.20. The lowest BCUT2D eigenvalue weighted by Gasteiger charge is -2.10. The Kier molecular flexibility index (Phi) is 3.23. The van der Waals surface area contributed by atoms with Crippen LogP contribution in [-0.4, -0.2) is 16.5 Å². The fraction of sp³-hybridized carbons (Fsp3) is 0.385. The number of fused-ring (bicyclic) bond motifs is 1. The van der Waals surface area contributed by atoms with E-state index in [1.165, 1.54) is 5.56 Å². The molecule has 3 heterocycles. The number of hydrogen-bond acceptors (Lipinski definition) is 5. The van der Waals surface area contributed by atoms with Gasteiger partial charge in [0, 0.05) is 23.6 Å². The molecule has 18 heavy (non-hydrogen) atoms. The third-order valence-corrected chi connectivity index (χ3v) is 3.83. The van der Waals surface area contributed by atoms with Gasteiger partial charge in [-0.25, -0.2) is 9.97 Å². The van der Waals surface area contributed by atoms with Crippen molar-refractivity contribution in [1.82, 2.24) is 9.97 Å². The number of nitrogens with zero attached hydrogens (tertiary/aromatic N) is 2. The SMILES string of the molecule is CCCNc1nc(-c2ccco2)nc2c1CSC2. The summed E-state index contributed by atoms with van der Waals surface area (Å²) in [5, 5.41) is 3.39. The first-order chi connectivity index (χ1) is 8.88. The van der Waals surface area contributed by atoms with E-state index in [0.29, 0.717) is 5.82 Å². The van der Waals surface area contributed by atoms with Crippen LogP contribution in [-0.2, 0) is 11.5 Å². The highest BCUT2D eigenvalue weighted by atomic mass is 32.2. The van der Waals surface area contributed by atoms with Crippen LogP contribution >= 0.6 is 11.8 Å². The highest BCUT2D eigenvalue weighted by Gasteiger charge is 2.20. The van der Waals surface area contributed by atoms with Crippen LogP contribution in [0.5, 0.6) is 0 Å². The van der Waals surface area contributed by atoms with Crippen LogP contribution in [0.4, 0.5) is 5.82 Å². The van der Waals surface area contributed by atoms with Crippen LogP contribution in [0.25, 0.3) is 11.6 Å². The van der Waals surface area contributed by atoms with Gasteiger partial charge in [-0.15, -0.1) is 0 Å². The van der Waals surface area contributed by atoms with Crippen molar-refractivity contribution in [2.75, 3.05) is 11.9 Å². The Balaban J connectivity index is 2.02. The normalized spacial score (nSPS) is 13.6. The molecule has 2 aromatic heterocycles. The average molecular weight is 261 g/mol. The Morgan fingerprint density at radius 1 is 1.39 bits per heavy atom. The molecule has 3 rings (SSSR count). The van der Waals surface area contributed by atoms with Gasteiger partial charge in [0.15, 0.2) is 11.6 Å². The first-order valence-corrected chi connectivity index (χ1v) is 7.29. The van der Waals surface area contributed by atoms with Gasteiger partial charge in [0.1, 0.15) is 5.82 Å². The summed E-state index contributed by atoms with van der Waals surface area (Å²) in [4.78, 5) is 9.19. The second-order valence-electron chi connectivity index (χ2n) is 4.22. The van der Waals surface area contributed by atoms with Crippen molar-refractivity contribution in [3.8, 4) is 11.6 Å². The Bertz CT molecular complexity index is 539. The molecule has 94 valence electrons. The van der Waals surface area contributed by atoms with Gasteiger partial charge in [0.05, 0.1) is 12.0 Å². The maximum atomic E-state index is 5.38. The smallest absolute Gasteiger partial charge is 0.197 e. The van der Waals surface area contributed by atoms with Gasteiger partial charge < -0.3 is 9.73 Å². The molecule has 0 fully saturated rings. The van der Waals surface area contributed by atoms with Crippen molar-refractivity contribution >= 4 is 17.6 Å². The summed E-state index contributed by atoms with van der Waals surface area (Å²) in [6.45, 7) is 3.09. The second kappa shape index (κ2) is 5.02. The summed E-state index contributed by atoms with van der Waals surface area (Å²) in [6.07, 6.45) is 2.74. The monoisotopic (exact) mass is 261 g/mol. The van der Waals surface area contributed by atoms with Crippen molar-refractivity contribution in [2.45, 2.75) is 24.9 Å². The molecule has 1 aliphatic heterocycles. The molecule has 0 aliphatic carbocycles. The van der Waals surface area contributed by atoms with Gasteiger partial charge in [0.25, 0.3) is 0 Å². The van der Waals surface area contributed by atoms with Crippen LogP contribution in [0.1, 0.15) is 24.6 Å². The summed E-state index contributed by atoms with van der Waals surface area (Å²) in [6, 6.07) is 3.76. The van der Waals surface area contributed by atoms with E-state index in [2.05, 4.69) is 22.2 Å². The maximum Gasteiger partial charge on any atom is 0.197 e. The largest absolute Gasteiger partial charge is 0.461 e. The quantitative estimate of drug-likeness (QED) is 0.915. The van der Waals surface area contributed by atoms with Crippen LogP contribution in [0, 0.1) is 0 Å². The van der Waals surface area contributed by atoms with Crippen LogP contribution in [0.2, 0.25) is 0 Å². The fourth-order valence-corrected chi connectivity index (χ4v) is 3.00. The Morgan fingerprint density at radius 3 is 3.11 bits per heavy atom. The number of furan rings is 1. The number of hydrogen-bond donors (Lipinski definition) is 1. The minimum absolute atomic E-state index is 0.680. The van der Waals surface area contributed by atoms with Crippen molar-refractivity contribution in [3.05, 3.63) is 29.7 Å². The van der Waals surface area contributed by atoms with Crippen molar-refractivity contribution in [2.24, 2.45) is 0 Å². The molecule has 5 heteroatoms. The molecule has 1 aliphatic rings. The van der Waals surface area contributed by atoms with Crippen molar-refractivity contribution < 1.29 is 4.42 Å². The molecule has 0 saturated heterocycles. The zero-order chi connectivity index (χ0) is 12.4. The zero-order valence-corrected chi connectivity index (χ0v) is 11.1. The third-order valence-electron chi connectivity index (χ3n) is 2.86. The van der Waals surface area contributed by atoms with Gasteiger partial charge in [-0.3, -0.25) is 0 Å². The minimum atomic E-state index is 0.680. The Hall–Kier alpha value is -1.49. The first kappa shape index (κ1) is 11.6.